The third-order valence-corrected chi connectivity index (χ3v) is 6.56. The fraction of sp³-hybridized carbons (Fsp3) is 0.320. The van der Waals surface area contributed by atoms with Crippen LogP contribution in [0.1, 0.15) is 29.3 Å². The highest BCUT2D eigenvalue weighted by Gasteiger charge is 2.59. The van der Waals surface area contributed by atoms with Gasteiger partial charge in [-0.2, -0.15) is 0 Å². The van der Waals surface area contributed by atoms with Crippen LogP contribution in [0.4, 0.5) is 5.69 Å². The molecular formula is C25H23NO4. The molecule has 5 rings (SSSR count). The number of aryl methyl sites for hydroxylation is 1. The quantitative estimate of drug-likeness (QED) is 0.432. The first-order chi connectivity index (χ1) is 14.4. The standard InChI is InChI=1S/C25H23NO4/c1-14-6-8-16(9-7-14)23(27)15(2)30-20-5-3-4-19(13-20)26-24(28)21-17-10-11-18(12-17)22(21)25(26)29/h3-11,13,15,17-18,21-22H,12H2,1-2H3/t15-,17-,18-,21-,22+/m1/s1. The number of fused-ring (bicyclic) bond motifs is 5. The van der Waals surface area contributed by atoms with Crippen molar-refractivity contribution in [3.8, 4) is 5.75 Å². The minimum Gasteiger partial charge on any atom is -0.482 e. The Labute approximate surface area is 175 Å². The van der Waals surface area contributed by atoms with Crippen LogP contribution in [0.15, 0.2) is 60.7 Å². The number of amides is 2. The van der Waals surface area contributed by atoms with E-state index in [0.29, 0.717) is 17.0 Å². The zero-order valence-electron chi connectivity index (χ0n) is 16.9. The number of hydrogen-bond acceptors (Lipinski definition) is 4. The monoisotopic (exact) mass is 401 g/mol. The van der Waals surface area contributed by atoms with E-state index in [1.165, 1.54) is 4.90 Å². The maximum Gasteiger partial charge on any atom is 0.238 e. The molecule has 2 fully saturated rings. The summed E-state index contributed by atoms with van der Waals surface area (Å²) in [6.45, 7) is 3.67. The van der Waals surface area contributed by atoms with Crippen molar-refractivity contribution in [2.45, 2.75) is 26.4 Å². The minimum atomic E-state index is -0.688. The Morgan fingerprint density at radius 2 is 1.63 bits per heavy atom. The van der Waals surface area contributed by atoms with Crippen molar-refractivity contribution in [1.82, 2.24) is 0 Å². The number of carbonyl (C=O) groups excluding carboxylic acids is 3. The van der Waals surface area contributed by atoms with E-state index in [1.54, 1.807) is 43.3 Å². The maximum atomic E-state index is 13.0. The van der Waals surface area contributed by atoms with Crippen LogP contribution in [-0.2, 0) is 9.59 Å². The summed E-state index contributed by atoms with van der Waals surface area (Å²) in [5.74, 6) is -0.0324. The lowest BCUT2D eigenvalue weighted by molar-refractivity contribution is -0.123. The average molecular weight is 401 g/mol. The molecule has 1 saturated carbocycles. The molecule has 30 heavy (non-hydrogen) atoms. The highest BCUT2D eigenvalue weighted by atomic mass is 16.5. The zero-order valence-corrected chi connectivity index (χ0v) is 16.9. The van der Waals surface area contributed by atoms with Gasteiger partial charge in [0.1, 0.15) is 5.75 Å². The van der Waals surface area contributed by atoms with Crippen LogP contribution in [0, 0.1) is 30.6 Å². The van der Waals surface area contributed by atoms with Crippen molar-refractivity contribution in [2.24, 2.45) is 23.7 Å². The minimum absolute atomic E-state index is 0.120. The van der Waals surface area contributed by atoms with Gasteiger partial charge in [-0.25, -0.2) is 4.90 Å². The first-order valence-corrected chi connectivity index (χ1v) is 10.4. The normalized spacial score (nSPS) is 27.5. The van der Waals surface area contributed by atoms with Crippen LogP contribution in [0.25, 0.3) is 0 Å². The Morgan fingerprint density at radius 3 is 2.27 bits per heavy atom. The lowest BCUT2D eigenvalue weighted by atomic mass is 9.85. The van der Waals surface area contributed by atoms with Crippen LogP contribution < -0.4 is 9.64 Å². The van der Waals surface area contributed by atoms with Crippen molar-refractivity contribution in [3.63, 3.8) is 0 Å². The van der Waals surface area contributed by atoms with E-state index in [-0.39, 0.29) is 41.3 Å². The molecule has 1 saturated heterocycles. The molecule has 152 valence electrons. The van der Waals surface area contributed by atoms with Gasteiger partial charge in [0.05, 0.1) is 17.5 Å². The first kappa shape index (κ1) is 18.8. The predicted octanol–water partition coefficient (Wildman–Crippen LogP) is 3.96. The van der Waals surface area contributed by atoms with Gasteiger partial charge in [0.25, 0.3) is 0 Å². The molecule has 1 aliphatic heterocycles. The second-order valence-corrected chi connectivity index (χ2v) is 8.50. The number of benzene rings is 2. The van der Waals surface area contributed by atoms with Crippen LogP contribution in [0.5, 0.6) is 5.75 Å². The lowest BCUT2D eigenvalue weighted by Crippen LogP contribution is -2.33. The Morgan fingerprint density at radius 1 is 1.00 bits per heavy atom. The van der Waals surface area contributed by atoms with Crippen molar-refractivity contribution in [2.75, 3.05) is 4.90 Å². The second kappa shape index (κ2) is 6.94. The highest BCUT2D eigenvalue weighted by Crippen LogP contribution is 2.53. The summed E-state index contributed by atoms with van der Waals surface area (Å²) < 4.78 is 5.87. The van der Waals surface area contributed by atoms with Gasteiger partial charge in [-0.05, 0) is 44.2 Å². The lowest BCUT2D eigenvalue weighted by Gasteiger charge is -2.19. The zero-order chi connectivity index (χ0) is 21.0. The Hall–Kier alpha value is -3.21. The Bertz CT molecular complexity index is 1040. The molecule has 0 radical (unpaired) electrons. The Kier molecular flexibility index (Phi) is 4.35. The van der Waals surface area contributed by atoms with E-state index in [9.17, 15) is 14.4 Å². The molecule has 5 nitrogen and oxygen atoms in total. The Balaban J connectivity index is 1.35. The molecule has 0 spiro atoms. The van der Waals surface area contributed by atoms with Crippen molar-refractivity contribution >= 4 is 23.3 Å². The number of ketones is 1. The average Bonchev–Trinajstić information content (AvgIpc) is 3.42. The van der Waals surface area contributed by atoms with Crippen molar-refractivity contribution in [3.05, 3.63) is 71.8 Å². The fourth-order valence-corrected chi connectivity index (χ4v) is 5.06. The molecule has 5 atom stereocenters. The van der Waals surface area contributed by atoms with Gasteiger partial charge in [0.15, 0.2) is 6.10 Å². The number of nitrogens with zero attached hydrogens (tertiary/aromatic N) is 1. The second-order valence-electron chi connectivity index (χ2n) is 8.50. The molecule has 2 amide bonds. The van der Waals surface area contributed by atoms with Crippen molar-refractivity contribution in [1.29, 1.82) is 0 Å². The largest absolute Gasteiger partial charge is 0.482 e. The third-order valence-electron chi connectivity index (χ3n) is 6.56. The molecule has 2 bridgehead atoms. The summed E-state index contributed by atoms with van der Waals surface area (Å²) in [6, 6.07) is 14.3. The molecule has 5 heteroatoms. The number of anilines is 1. The summed E-state index contributed by atoms with van der Waals surface area (Å²) >= 11 is 0. The van der Waals surface area contributed by atoms with Crippen LogP contribution >= 0.6 is 0 Å². The smallest absolute Gasteiger partial charge is 0.238 e. The van der Waals surface area contributed by atoms with E-state index in [4.69, 9.17) is 4.74 Å². The van der Waals surface area contributed by atoms with Gasteiger partial charge in [0, 0.05) is 11.6 Å². The van der Waals surface area contributed by atoms with E-state index < -0.39 is 6.10 Å². The number of Topliss-reactive ketones (excluding diaryl/α,β-unsaturated/α-hetero) is 1. The van der Waals surface area contributed by atoms with Gasteiger partial charge in [-0.1, -0.05) is 48.0 Å². The van der Waals surface area contributed by atoms with Crippen molar-refractivity contribution < 1.29 is 19.1 Å². The number of carbonyl (C=O) groups is 3. The summed E-state index contributed by atoms with van der Waals surface area (Å²) in [5.41, 5.74) is 2.18. The van der Waals surface area contributed by atoms with Crippen LogP contribution in [-0.4, -0.2) is 23.7 Å². The van der Waals surface area contributed by atoms with E-state index in [2.05, 4.69) is 12.2 Å². The molecule has 2 aliphatic carbocycles. The molecule has 0 N–H and O–H groups in total. The number of hydrogen-bond donors (Lipinski definition) is 0. The van der Waals surface area contributed by atoms with E-state index >= 15 is 0 Å². The topological polar surface area (TPSA) is 63.7 Å². The van der Waals surface area contributed by atoms with E-state index in [0.717, 1.165) is 12.0 Å². The molecule has 0 aromatic heterocycles. The van der Waals surface area contributed by atoms with Gasteiger partial charge in [0.2, 0.25) is 17.6 Å². The summed E-state index contributed by atoms with van der Waals surface area (Å²) in [5, 5.41) is 0. The molecule has 2 aromatic carbocycles. The number of imide groups is 1. The van der Waals surface area contributed by atoms with Gasteiger partial charge < -0.3 is 4.74 Å². The maximum absolute atomic E-state index is 13.0. The molecule has 0 unspecified atom stereocenters. The number of allylic oxidation sites excluding steroid dienone is 2. The van der Waals surface area contributed by atoms with Gasteiger partial charge >= 0.3 is 0 Å². The van der Waals surface area contributed by atoms with Gasteiger partial charge in [-0.3, -0.25) is 14.4 Å². The van der Waals surface area contributed by atoms with Crippen LogP contribution in [0.2, 0.25) is 0 Å². The molecule has 1 heterocycles. The summed E-state index contributed by atoms with van der Waals surface area (Å²) in [7, 11) is 0. The van der Waals surface area contributed by atoms with E-state index in [1.807, 2.05) is 19.1 Å². The summed E-state index contributed by atoms with van der Waals surface area (Å²) in [6.07, 6.45) is 4.38. The predicted molar refractivity (Wildman–Crippen MR) is 112 cm³/mol. The number of rotatable bonds is 5. The SMILES string of the molecule is Cc1ccc(C(=O)[C@@H](C)Oc2cccc(N3C(=O)[C@@H]4[C@H](C3=O)[C@@H]3C=C[C@@H]4C3)c2)cc1. The summed E-state index contributed by atoms with van der Waals surface area (Å²) in [4.78, 5) is 40.0. The number of ether oxygens (including phenoxy) is 1. The fourth-order valence-electron chi connectivity index (χ4n) is 5.06. The molecule has 3 aliphatic rings. The third kappa shape index (κ3) is 2.88. The van der Waals surface area contributed by atoms with Crippen LogP contribution in [0.3, 0.4) is 0 Å². The first-order valence-electron chi connectivity index (χ1n) is 10.4. The molecule has 2 aromatic rings. The van der Waals surface area contributed by atoms with Gasteiger partial charge in [-0.15, -0.1) is 0 Å². The highest BCUT2D eigenvalue weighted by molar-refractivity contribution is 6.22. The molecular weight excluding hydrogens is 378 g/mol.